The summed E-state index contributed by atoms with van der Waals surface area (Å²) in [7, 11) is 0. The lowest BCUT2D eigenvalue weighted by Gasteiger charge is -2.26. The van der Waals surface area contributed by atoms with Gasteiger partial charge in [0.15, 0.2) is 0 Å². The molecular formula is C15H18ClFN2. The van der Waals surface area contributed by atoms with Crippen LogP contribution in [0.2, 0.25) is 0 Å². The van der Waals surface area contributed by atoms with E-state index in [1.807, 2.05) is 13.0 Å². The number of alkyl halides is 1. The van der Waals surface area contributed by atoms with E-state index in [9.17, 15) is 4.39 Å². The van der Waals surface area contributed by atoms with Crippen molar-refractivity contribution < 1.29 is 4.39 Å². The number of fused-ring (bicyclic) bond motifs is 1. The van der Waals surface area contributed by atoms with Gasteiger partial charge in [-0.15, -0.1) is 11.6 Å². The summed E-state index contributed by atoms with van der Waals surface area (Å²) in [5.41, 5.74) is 1.73. The fourth-order valence-electron chi connectivity index (χ4n) is 3.09. The average Bonchev–Trinajstić information content (AvgIpc) is 2.78. The molecule has 0 radical (unpaired) electrons. The molecule has 0 saturated heterocycles. The Bertz CT molecular complexity index is 585. The molecule has 1 unspecified atom stereocenters. The molecule has 1 aromatic heterocycles. The SMILES string of the molecule is CC(Cl)c1nc2cc(F)ccc2n1C1CCCCC1. The van der Waals surface area contributed by atoms with Crippen LogP contribution in [0.25, 0.3) is 11.0 Å². The first-order valence-corrected chi connectivity index (χ1v) is 7.42. The van der Waals surface area contributed by atoms with Gasteiger partial charge in [0.25, 0.3) is 0 Å². The molecule has 4 heteroatoms. The van der Waals surface area contributed by atoms with Crippen molar-refractivity contribution in [1.82, 2.24) is 9.55 Å². The summed E-state index contributed by atoms with van der Waals surface area (Å²) in [6.07, 6.45) is 6.14. The Morgan fingerprint density at radius 1 is 1.32 bits per heavy atom. The smallest absolute Gasteiger partial charge is 0.127 e. The van der Waals surface area contributed by atoms with Crippen molar-refractivity contribution in [3.63, 3.8) is 0 Å². The lowest BCUT2D eigenvalue weighted by molar-refractivity contribution is 0.352. The van der Waals surface area contributed by atoms with Crippen LogP contribution in [0.5, 0.6) is 0 Å². The van der Waals surface area contributed by atoms with Gasteiger partial charge in [0, 0.05) is 12.1 Å². The molecule has 0 amide bonds. The number of halogens is 2. The van der Waals surface area contributed by atoms with Crippen LogP contribution >= 0.6 is 11.6 Å². The van der Waals surface area contributed by atoms with E-state index in [1.165, 1.54) is 44.2 Å². The van der Waals surface area contributed by atoms with Crippen LogP contribution in [-0.2, 0) is 0 Å². The van der Waals surface area contributed by atoms with E-state index in [0.29, 0.717) is 11.6 Å². The Morgan fingerprint density at radius 2 is 2.05 bits per heavy atom. The second-order valence-corrected chi connectivity index (χ2v) is 6.04. The topological polar surface area (TPSA) is 17.8 Å². The first-order chi connectivity index (χ1) is 9.16. The summed E-state index contributed by atoms with van der Waals surface area (Å²) < 4.78 is 15.6. The summed E-state index contributed by atoms with van der Waals surface area (Å²) in [6, 6.07) is 5.29. The summed E-state index contributed by atoms with van der Waals surface area (Å²) in [4.78, 5) is 4.54. The van der Waals surface area contributed by atoms with Crippen molar-refractivity contribution in [1.29, 1.82) is 0 Å². The maximum atomic E-state index is 13.3. The molecule has 3 rings (SSSR count). The summed E-state index contributed by atoms with van der Waals surface area (Å²) in [5.74, 6) is 0.628. The number of aromatic nitrogens is 2. The Balaban J connectivity index is 2.15. The number of hydrogen-bond acceptors (Lipinski definition) is 1. The van der Waals surface area contributed by atoms with Crippen molar-refractivity contribution in [3.05, 3.63) is 29.8 Å². The number of benzene rings is 1. The van der Waals surface area contributed by atoms with E-state index >= 15 is 0 Å². The second-order valence-electron chi connectivity index (χ2n) is 5.38. The Morgan fingerprint density at radius 3 is 2.74 bits per heavy atom. The molecule has 1 atom stereocenters. The minimum absolute atomic E-state index is 0.155. The highest BCUT2D eigenvalue weighted by atomic mass is 35.5. The lowest BCUT2D eigenvalue weighted by atomic mass is 9.95. The van der Waals surface area contributed by atoms with E-state index < -0.39 is 0 Å². The Kier molecular flexibility index (Phi) is 3.48. The van der Waals surface area contributed by atoms with Gasteiger partial charge < -0.3 is 4.57 Å². The third-order valence-corrected chi connectivity index (χ3v) is 4.17. The van der Waals surface area contributed by atoms with Gasteiger partial charge in [0.2, 0.25) is 0 Å². The third-order valence-electron chi connectivity index (χ3n) is 3.97. The van der Waals surface area contributed by atoms with Gasteiger partial charge in [0.05, 0.1) is 16.4 Å². The average molecular weight is 281 g/mol. The van der Waals surface area contributed by atoms with Crippen LogP contribution in [-0.4, -0.2) is 9.55 Å². The third kappa shape index (κ3) is 2.36. The normalized spacial score (nSPS) is 18.9. The van der Waals surface area contributed by atoms with E-state index in [1.54, 1.807) is 0 Å². The number of rotatable bonds is 2. The van der Waals surface area contributed by atoms with Gasteiger partial charge in [-0.3, -0.25) is 0 Å². The molecular weight excluding hydrogens is 263 g/mol. The monoisotopic (exact) mass is 280 g/mol. The van der Waals surface area contributed by atoms with E-state index in [2.05, 4.69) is 9.55 Å². The molecule has 0 bridgehead atoms. The molecule has 19 heavy (non-hydrogen) atoms. The molecule has 1 aromatic carbocycles. The van der Waals surface area contributed by atoms with Crippen LogP contribution in [0.15, 0.2) is 18.2 Å². The largest absolute Gasteiger partial charge is 0.324 e. The highest BCUT2D eigenvalue weighted by Crippen LogP contribution is 2.35. The quantitative estimate of drug-likeness (QED) is 0.709. The fraction of sp³-hybridized carbons (Fsp3) is 0.533. The van der Waals surface area contributed by atoms with Crippen LogP contribution in [0.1, 0.15) is 56.3 Å². The van der Waals surface area contributed by atoms with Gasteiger partial charge >= 0.3 is 0 Å². The molecule has 0 aliphatic heterocycles. The molecule has 102 valence electrons. The Labute approximate surface area is 117 Å². The first-order valence-electron chi connectivity index (χ1n) is 6.98. The molecule has 0 spiro atoms. The molecule has 0 N–H and O–H groups in total. The van der Waals surface area contributed by atoms with Crippen molar-refractivity contribution >= 4 is 22.6 Å². The van der Waals surface area contributed by atoms with Gasteiger partial charge in [-0.05, 0) is 31.9 Å². The van der Waals surface area contributed by atoms with Crippen LogP contribution in [0, 0.1) is 5.82 Å². The predicted molar refractivity (Wildman–Crippen MR) is 76.1 cm³/mol. The molecule has 2 aromatic rings. The number of nitrogens with zero attached hydrogens (tertiary/aromatic N) is 2. The first kappa shape index (κ1) is 12.9. The van der Waals surface area contributed by atoms with E-state index in [-0.39, 0.29) is 11.2 Å². The van der Waals surface area contributed by atoms with Gasteiger partial charge in [-0.1, -0.05) is 19.3 Å². The van der Waals surface area contributed by atoms with Crippen molar-refractivity contribution in [2.45, 2.75) is 50.4 Å². The number of imidazole rings is 1. The second kappa shape index (κ2) is 5.12. The highest BCUT2D eigenvalue weighted by Gasteiger charge is 2.23. The van der Waals surface area contributed by atoms with Crippen molar-refractivity contribution in [2.75, 3.05) is 0 Å². The van der Waals surface area contributed by atoms with Crippen LogP contribution < -0.4 is 0 Å². The van der Waals surface area contributed by atoms with Crippen molar-refractivity contribution in [2.24, 2.45) is 0 Å². The predicted octanol–water partition coefficient (Wildman–Crippen LogP) is 4.98. The van der Waals surface area contributed by atoms with E-state index in [0.717, 1.165) is 11.3 Å². The number of hydrogen-bond donors (Lipinski definition) is 0. The van der Waals surface area contributed by atoms with E-state index in [4.69, 9.17) is 11.6 Å². The zero-order chi connectivity index (χ0) is 13.4. The summed E-state index contributed by atoms with van der Waals surface area (Å²) in [5, 5.41) is -0.155. The molecule has 2 nitrogen and oxygen atoms in total. The van der Waals surface area contributed by atoms with Crippen LogP contribution in [0.4, 0.5) is 4.39 Å². The molecule has 1 aliphatic carbocycles. The Hall–Kier alpha value is -1.09. The minimum atomic E-state index is -0.241. The van der Waals surface area contributed by atoms with Gasteiger partial charge in [-0.2, -0.15) is 0 Å². The highest BCUT2D eigenvalue weighted by molar-refractivity contribution is 6.20. The maximum Gasteiger partial charge on any atom is 0.127 e. The van der Waals surface area contributed by atoms with Gasteiger partial charge in [0.1, 0.15) is 11.6 Å². The molecule has 1 saturated carbocycles. The summed E-state index contributed by atoms with van der Waals surface area (Å²) >= 11 is 6.26. The maximum absolute atomic E-state index is 13.3. The van der Waals surface area contributed by atoms with Crippen LogP contribution in [0.3, 0.4) is 0 Å². The summed E-state index contributed by atoms with van der Waals surface area (Å²) in [6.45, 7) is 1.93. The fourth-order valence-corrected chi connectivity index (χ4v) is 3.25. The minimum Gasteiger partial charge on any atom is -0.324 e. The zero-order valence-electron chi connectivity index (χ0n) is 11.1. The molecule has 1 heterocycles. The zero-order valence-corrected chi connectivity index (χ0v) is 11.8. The molecule has 1 fully saturated rings. The van der Waals surface area contributed by atoms with Gasteiger partial charge in [-0.25, -0.2) is 9.37 Å². The van der Waals surface area contributed by atoms with Crippen molar-refractivity contribution in [3.8, 4) is 0 Å². The standard InChI is InChI=1S/C15H18ClFN2/c1-10(16)15-18-13-9-11(17)7-8-14(13)19(15)12-5-3-2-4-6-12/h7-10,12H,2-6H2,1H3. The lowest BCUT2D eigenvalue weighted by Crippen LogP contribution is -2.15. The molecule has 1 aliphatic rings.